The average molecular weight is 537 g/mol. The lowest BCUT2D eigenvalue weighted by Crippen LogP contribution is -2.33. The van der Waals surface area contributed by atoms with Gasteiger partial charge >= 0.3 is 0 Å². The van der Waals surface area contributed by atoms with Crippen LogP contribution in [0.1, 0.15) is 19.8 Å². The Morgan fingerprint density at radius 3 is 1.35 bits per heavy atom. The van der Waals surface area contributed by atoms with E-state index in [2.05, 4.69) is 97.9 Å². The van der Waals surface area contributed by atoms with Gasteiger partial charge in [0.25, 0.3) is 0 Å². The SMILES string of the molecule is CCCC[P+](c1ccccc1)(c1ccccc1)c1ccccc1.COc1cc(OC)cc(S(=O)(=O)[O-])c1. The topological polar surface area (TPSA) is 75.7 Å². The maximum atomic E-state index is 10.7. The van der Waals surface area contributed by atoms with E-state index in [0.717, 1.165) is 12.1 Å². The van der Waals surface area contributed by atoms with Crippen LogP contribution in [0.5, 0.6) is 11.5 Å². The first-order valence-electron chi connectivity index (χ1n) is 12.1. The Kier molecular flexibility index (Phi) is 10.3. The summed E-state index contributed by atoms with van der Waals surface area (Å²) < 4.78 is 41.7. The summed E-state index contributed by atoms with van der Waals surface area (Å²) in [7, 11) is -3.31. The Hall–Kier alpha value is -3.18. The molecular weight excluding hydrogens is 503 g/mol. The fraction of sp³-hybridized carbons (Fsp3) is 0.200. The molecule has 5 nitrogen and oxygen atoms in total. The van der Waals surface area contributed by atoms with E-state index >= 15 is 0 Å². The van der Waals surface area contributed by atoms with Crippen molar-refractivity contribution >= 4 is 33.3 Å². The Morgan fingerprint density at radius 2 is 1.05 bits per heavy atom. The summed E-state index contributed by atoms with van der Waals surface area (Å²) in [5.74, 6) is 0.526. The van der Waals surface area contributed by atoms with Crippen LogP contribution in [0, 0.1) is 0 Å². The minimum absolute atomic E-state index is 0.263. The van der Waals surface area contributed by atoms with Crippen molar-refractivity contribution in [2.45, 2.75) is 24.7 Å². The first-order chi connectivity index (χ1) is 17.8. The summed E-state index contributed by atoms with van der Waals surface area (Å²) in [5.41, 5.74) is 0. The quantitative estimate of drug-likeness (QED) is 0.212. The molecule has 0 N–H and O–H groups in total. The normalized spacial score (nSPS) is 11.2. The zero-order valence-corrected chi connectivity index (χ0v) is 23.1. The predicted octanol–water partition coefficient (Wildman–Crippen LogP) is 5.39. The second-order valence-electron chi connectivity index (χ2n) is 8.40. The highest BCUT2D eigenvalue weighted by molar-refractivity contribution is 7.95. The molecule has 0 heterocycles. The van der Waals surface area contributed by atoms with Crippen LogP contribution < -0.4 is 25.4 Å². The maximum Gasteiger partial charge on any atom is 0.124 e. The molecule has 4 aromatic rings. The van der Waals surface area contributed by atoms with Crippen molar-refractivity contribution in [3.63, 3.8) is 0 Å². The van der Waals surface area contributed by atoms with E-state index in [0.29, 0.717) is 0 Å². The number of hydrogen-bond acceptors (Lipinski definition) is 5. The van der Waals surface area contributed by atoms with Gasteiger partial charge in [0.2, 0.25) is 0 Å². The highest BCUT2D eigenvalue weighted by Crippen LogP contribution is 2.55. The Bertz CT molecular complexity index is 1230. The molecule has 0 saturated carbocycles. The van der Waals surface area contributed by atoms with E-state index in [-0.39, 0.29) is 16.4 Å². The second kappa shape index (κ2) is 13.4. The van der Waals surface area contributed by atoms with E-state index < -0.39 is 17.4 Å². The fourth-order valence-electron chi connectivity index (χ4n) is 4.20. The maximum absolute atomic E-state index is 10.7. The minimum atomic E-state index is -4.48. The summed E-state index contributed by atoms with van der Waals surface area (Å²) in [6.07, 6.45) is 3.72. The Balaban J connectivity index is 0.000000233. The van der Waals surface area contributed by atoms with Crippen LogP contribution in [0.25, 0.3) is 0 Å². The highest BCUT2D eigenvalue weighted by atomic mass is 32.2. The van der Waals surface area contributed by atoms with Gasteiger partial charge < -0.3 is 14.0 Å². The highest BCUT2D eigenvalue weighted by Gasteiger charge is 2.44. The van der Waals surface area contributed by atoms with Crippen molar-refractivity contribution in [1.82, 2.24) is 0 Å². The van der Waals surface area contributed by atoms with Gasteiger partial charge in [-0.2, -0.15) is 0 Å². The Labute approximate surface area is 221 Å². The van der Waals surface area contributed by atoms with E-state index in [4.69, 9.17) is 9.47 Å². The number of ether oxygens (including phenoxy) is 2. The largest absolute Gasteiger partial charge is 0.744 e. The van der Waals surface area contributed by atoms with E-state index in [9.17, 15) is 13.0 Å². The van der Waals surface area contributed by atoms with Crippen LogP contribution in [-0.2, 0) is 10.1 Å². The molecule has 37 heavy (non-hydrogen) atoms. The summed E-state index contributed by atoms with van der Waals surface area (Å²) >= 11 is 0. The van der Waals surface area contributed by atoms with Crippen molar-refractivity contribution in [3.8, 4) is 11.5 Å². The van der Waals surface area contributed by atoms with Gasteiger partial charge in [-0.05, 0) is 55.0 Å². The molecule has 194 valence electrons. The van der Waals surface area contributed by atoms with Crippen molar-refractivity contribution < 1.29 is 22.4 Å². The van der Waals surface area contributed by atoms with Crippen LogP contribution in [0.4, 0.5) is 0 Å². The zero-order chi connectivity index (χ0) is 26.7. The standard InChI is InChI=1S/C22H24P.C8H10O5S/c1-2-3-19-23(20-13-7-4-8-14-20,21-15-9-5-10-16-21)22-17-11-6-12-18-22;1-12-6-3-7(13-2)5-8(4-6)14(9,10)11/h4-18H,2-3,19H2,1H3;3-5H,1-2H3,(H,9,10,11)/q+1;/p-1. The first kappa shape index (κ1) is 28.4. The van der Waals surface area contributed by atoms with E-state index in [1.54, 1.807) is 0 Å². The first-order valence-corrected chi connectivity index (χ1v) is 15.5. The van der Waals surface area contributed by atoms with Gasteiger partial charge in [-0.1, -0.05) is 67.9 Å². The molecule has 0 bridgehead atoms. The van der Waals surface area contributed by atoms with Gasteiger partial charge in [-0.25, -0.2) is 8.42 Å². The smallest absolute Gasteiger partial charge is 0.124 e. The van der Waals surface area contributed by atoms with Gasteiger partial charge in [-0.15, -0.1) is 0 Å². The van der Waals surface area contributed by atoms with Crippen molar-refractivity contribution in [2.75, 3.05) is 20.4 Å². The van der Waals surface area contributed by atoms with Crippen molar-refractivity contribution in [1.29, 1.82) is 0 Å². The number of hydrogen-bond donors (Lipinski definition) is 0. The lowest BCUT2D eigenvalue weighted by atomic mass is 10.3. The molecule has 0 radical (unpaired) electrons. The van der Waals surface area contributed by atoms with E-state index in [1.165, 1.54) is 55.2 Å². The number of benzene rings is 4. The average Bonchev–Trinajstić information content (AvgIpc) is 2.95. The molecule has 0 spiro atoms. The number of rotatable bonds is 9. The zero-order valence-electron chi connectivity index (χ0n) is 21.4. The summed E-state index contributed by atoms with van der Waals surface area (Å²) in [6.45, 7) is 2.29. The fourth-order valence-corrected chi connectivity index (χ4v) is 9.23. The van der Waals surface area contributed by atoms with Gasteiger partial charge in [-0.3, -0.25) is 0 Å². The summed E-state index contributed by atoms with van der Waals surface area (Å²) in [5, 5.41) is 4.47. The van der Waals surface area contributed by atoms with Crippen LogP contribution in [-0.4, -0.2) is 33.4 Å². The summed E-state index contributed by atoms with van der Waals surface area (Å²) in [6, 6.07) is 37.2. The van der Waals surface area contributed by atoms with Crippen LogP contribution in [0.3, 0.4) is 0 Å². The number of unbranched alkanes of at least 4 members (excludes halogenated alkanes) is 1. The third kappa shape index (κ3) is 7.20. The molecule has 0 saturated heterocycles. The van der Waals surface area contributed by atoms with Crippen LogP contribution >= 0.6 is 7.26 Å². The predicted molar refractivity (Wildman–Crippen MR) is 152 cm³/mol. The van der Waals surface area contributed by atoms with Crippen molar-refractivity contribution in [2.24, 2.45) is 0 Å². The minimum Gasteiger partial charge on any atom is -0.744 e. The lowest BCUT2D eigenvalue weighted by Gasteiger charge is -2.27. The van der Waals surface area contributed by atoms with Gasteiger partial charge in [0.1, 0.15) is 44.8 Å². The monoisotopic (exact) mass is 536 g/mol. The van der Waals surface area contributed by atoms with Gasteiger partial charge in [0.05, 0.1) is 25.3 Å². The lowest BCUT2D eigenvalue weighted by molar-refractivity contribution is 0.390. The van der Waals surface area contributed by atoms with Gasteiger partial charge in [0.15, 0.2) is 0 Å². The molecule has 0 aromatic heterocycles. The second-order valence-corrected chi connectivity index (χ2v) is 13.4. The molecule has 4 rings (SSSR count). The van der Waals surface area contributed by atoms with Crippen LogP contribution in [0.15, 0.2) is 114 Å². The molecule has 0 unspecified atom stereocenters. The van der Waals surface area contributed by atoms with Gasteiger partial charge in [0, 0.05) is 6.07 Å². The van der Waals surface area contributed by atoms with Crippen molar-refractivity contribution in [3.05, 3.63) is 109 Å². The molecule has 0 atom stereocenters. The molecule has 0 aliphatic heterocycles. The number of methoxy groups -OCH3 is 2. The molecule has 0 amide bonds. The molecule has 7 heteroatoms. The van der Waals surface area contributed by atoms with E-state index in [1.807, 2.05) is 0 Å². The third-order valence-corrected chi connectivity index (χ3v) is 11.4. The molecular formula is C30H33O5PS. The molecule has 0 aliphatic carbocycles. The summed E-state index contributed by atoms with van der Waals surface area (Å²) in [4.78, 5) is -0.367. The molecule has 0 aliphatic rings. The third-order valence-electron chi connectivity index (χ3n) is 6.05. The molecule has 0 fully saturated rings. The Morgan fingerprint density at radius 1 is 0.676 bits per heavy atom. The molecule has 4 aromatic carbocycles. The van der Waals surface area contributed by atoms with Crippen LogP contribution in [0.2, 0.25) is 0 Å².